The lowest BCUT2D eigenvalue weighted by molar-refractivity contribution is -0.113. The van der Waals surface area contributed by atoms with E-state index < -0.39 is 23.9 Å². The third-order valence-electron chi connectivity index (χ3n) is 5.10. The van der Waals surface area contributed by atoms with Crippen molar-refractivity contribution < 1.29 is 28.6 Å². The maximum atomic E-state index is 13.4. The SMILES string of the molecule is C=CCOc1c(Cl)cc([C@H]2NC(=O)NC(C)=C2C(=O)Nc2ccccc2C(=O)OC)cc1OCC. The average Bonchev–Trinajstić information content (AvgIpc) is 2.82. The minimum atomic E-state index is -0.862. The molecule has 0 unspecified atom stereocenters. The van der Waals surface area contributed by atoms with Gasteiger partial charge in [0.1, 0.15) is 6.61 Å². The fraction of sp³-hybridized carbons (Fsp3) is 0.240. The number of hydrogen-bond donors (Lipinski definition) is 3. The molecule has 2 aromatic carbocycles. The number of rotatable bonds is 9. The maximum absolute atomic E-state index is 13.4. The van der Waals surface area contributed by atoms with Crippen molar-refractivity contribution >= 4 is 35.2 Å². The maximum Gasteiger partial charge on any atom is 0.339 e. The van der Waals surface area contributed by atoms with Crippen LogP contribution in [0.4, 0.5) is 10.5 Å². The first kappa shape index (κ1) is 25.6. The number of hydrogen-bond acceptors (Lipinski definition) is 6. The minimum Gasteiger partial charge on any atom is -0.490 e. The number of urea groups is 1. The Bertz CT molecular complexity index is 1190. The second-order valence-electron chi connectivity index (χ2n) is 7.42. The van der Waals surface area contributed by atoms with Crippen LogP contribution in [0, 0.1) is 0 Å². The molecule has 35 heavy (non-hydrogen) atoms. The lowest BCUT2D eigenvalue weighted by Crippen LogP contribution is -2.46. The van der Waals surface area contributed by atoms with Crippen LogP contribution >= 0.6 is 11.6 Å². The van der Waals surface area contributed by atoms with Gasteiger partial charge in [0.05, 0.1) is 41.6 Å². The van der Waals surface area contributed by atoms with Crippen molar-refractivity contribution in [1.82, 2.24) is 10.6 Å². The second kappa shape index (κ2) is 11.4. The summed E-state index contributed by atoms with van der Waals surface area (Å²) in [5.41, 5.74) is 1.53. The smallest absolute Gasteiger partial charge is 0.339 e. The van der Waals surface area contributed by atoms with E-state index in [1.807, 2.05) is 6.92 Å². The van der Waals surface area contributed by atoms with Crippen molar-refractivity contribution in [2.75, 3.05) is 25.6 Å². The van der Waals surface area contributed by atoms with Gasteiger partial charge in [-0.1, -0.05) is 36.4 Å². The number of carbonyl (C=O) groups excluding carboxylic acids is 3. The highest BCUT2D eigenvalue weighted by Crippen LogP contribution is 2.40. The summed E-state index contributed by atoms with van der Waals surface area (Å²) in [6, 6.07) is 8.37. The van der Waals surface area contributed by atoms with Gasteiger partial charge in [0.15, 0.2) is 11.5 Å². The van der Waals surface area contributed by atoms with Gasteiger partial charge in [-0.15, -0.1) is 0 Å². The first-order valence-corrected chi connectivity index (χ1v) is 11.1. The number of benzene rings is 2. The van der Waals surface area contributed by atoms with Crippen LogP contribution in [0.15, 0.2) is 60.3 Å². The summed E-state index contributed by atoms with van der Waals surface area (Å²) in [7, 11) is 1.26. The molecule has 0 radical (unpaired) electrons. The molecule has 0 saturated carbocycles. The van der Waals surface area contributed by atoms with Crippen LogP contribution < -0.4 is 25.4 Å². The molecule has 0 bridgehead atoms. The van der Waals surface area contributed by atoms with Gasteiger partial charge in [-0.05, 0) is 43.7 Å². The van der Waals surface area contributed by atoms with Crippen LogP contribution in [-0.4, -0.2) is 38.2 Å². The van der Waals surface area contributed by atoms with Gasteiger partial charge in [0.25, 0.3) is 5.91 Å². The molecular weight excluding hydrogens is 474 g/mol. The van der Waals surface area contributed by atoms with Gasteiger partial charge in [0.2, 0.25) is 0 Å². The monoisotopic (exact) mass is 499 g/mol. The van der Waals surface area contributed by atoms with Gasteiger partial charge in [0, 0.05) is 5.70 Å². The first-order valence-electron chi connectivity index (χ1n) is 10.8. The Morgan fingerprint density at radius 3 is 2.66 bits per heavy atom. The molecule has 0 spiro atoms. The Balaban J connectivity index is 2.03. The highest BCUT2D eigenvalue weighted by Gasteiger charge is 2.33. The molecule has 3 rings (SSSR count). The van der Waals surface area contributed by atoms with Crippen molar-refractivity contribution in [3.63, 3.8) is 0 Å². The molecule has 184 valence electrons. The number of para-hydroxylation sites is 1. The van der Waals surface area contributed by atoms with Crippen LogP contribution in [0.3, 0.4) is 0 Å². The molecule has 2 aromatic rings. The molecular formula is C25H26ClN3O6. The largest absolute Gasteiger partial charge is 0.490 e. The number of esters is 1. The van der Waals surface area contributed by atoms with Gasteiger partial charge in [-0.3, -0.25) is 4.79 Å². The Morgan fingerprint density at radius 2 is 1.97 bits per heavy atom. The molecule has 3 N–H and O–H groups in total. The van der Waals surface area contributed by atoms with E-state index in [1.165, 1.54) is 13.2 Å². The number of methoxy groups -OCH3 is 1. The number of ether oxygens (including phenoxy) is 3. The summed E-state index contributed by atoms with van der Waals surface area (Å²) in [5.74, 6) is -0.437. The van der Waals surface area contributed by atoms with Crippen LogP contribution in [0.2, 0.25) is 5.02 Å². The zero-order valence-electron chi connectivity index (χ0n) is 19.6. The van der Waals surface area contributed by atoms with E-state index in [9.17, 15) is 14.4 Å². The quantitative estimate of drug-likeness (QED) is 0.349. The van der Waals surface area contributed by atoms with Crippen LogP contribution in [0.1, 0.15) is 35.8 Å². The van der Waals surface area contributed by atoms with E-state index in [0.29, 0.717) is 29.4 Å². The lowest BCUT2D eigenvalue weighted by Gasteiger charge is -2.29. The van der Waals surface area contributed by atoms with Crippen molar-refractivity contribution in [3.05, 3.63) is 76.5 Å². The molecule has 1 aliphatic heterocycles. The molecule has 1 atom stereocenters. The third-order valence-corrected chi connectivity index (χ3v) is 5.39. The molecule has 10 heteroatoms. The van der Waals surface area contributed by atoms with Gasteiger partial charge >= 0.3 is 12.0 Å². The summed E-state index contributed by atoms with van der Waals surface area (Å²) in [6.45, 7) is 7.61. The Morgan fingerprint density at radius 1 is 1.23 bits per heavy atom. The molecule has 1 aliphatic rings. The van der Waals surface area contributed by atoms with E-state index in [0.717, 1.165) is 0 Å². The summed E-state index contributed by atoms with van der Waals surface area (Å²) in [5, 5.41) is 8.36. The van der Waals surface area contributed by atoms with Crippen LogP contribution in [-0.2, 0) is 9.53 Å². The highest BCUT2D eigenvalue weighted by molar-refractivity contribution is 6.32. The van der Waals surface area contributed by atoms with E-state index in [4.69, 9.17) is 25.8 Å². The molecule has 0 aliphatic carbocycles. The Labute approximate surface area is 208 Å². The zero-order chi connectivity index (χ0) is 25.5. The number of halogens is 1. The molecule has 9 nitrogen and oxygen atoms in total. The molecule has 1 heterocycles. The fourth-order valence-corrected chi connectivity index (χ4v) is 3.89. The van der Waals surface area contributed by atoms with E-state index >= 15 is 0 Å². The number of allylic oxidation sites excluding steroid dienone is 1. The summed E-state index contributed by atoms with van der Waals surface area (Å²) in [6.07, 6.45) is 1.58. The third kappa shape index (κ3) is 5.75. The van der Waals surface area contributed by atoms with Crippen molar-refractivity contribution in [2.45, 2.75) is 19.9 Å². The number of carbonyl (C=O) groups is 3. The normalized spacial score (nSPS) is 15.0. The van der Waals surface area contributed by atoms with Crippen LogP contribution in [0.25, 0.3) is 0 Å². The second-order valence-corrected chi connectivity index (χ2v) is 7.83. The predicted octanol–water partition coefficient (Wildman–Crippen LogP) is 4.36. The number of nitrogens with one attached hydrogen (secondary N) is 3. The molecule has 0 aromatic heterocycles. The lowest BCUT2D eigenvalue weighted by atomic mass is 9.94. The van der Waals surface area contributed by atoms with Crippen LogP contribution in [0.5, 0.6) is 11.5 Å². The summed E-state index contributed by atoms with van der Waals surface area (Å²) < 4.78 is 16.1. The van der Waals surface area contributed by atoms with Gasteiger partial charge < -0.3 is 30.2 Å². The van der Waals surface area contributed by atoms with E-state index in [1.54, 1.807) is 43.3 Å². The fourth-order valence-electron chi connectivity index (χ4n) is 3.61. The summed E-state index contributed by atoms with van der Waals surface area (Å²) >= 11 is 6.49. The first-order chi connectivity index (χ1) is 16.8. The standard InChI is InChI=1S/C25H26ClN3O6/c1-5-11-35-22-17(26)12-15(13-19(22)34-6-2)21-20(14(3)27-25(32)29-21)23(30)28-18-10-8-7-9-16(18)24(31)33-4/h5,7-10,12-13,21H,1,6,11H2,2-4H3,(H,28,30)(H2,27,29,32)/t21-/m1/s1. The highest BCUT2D eigenvalue weighted by atomic mass is 35.5. The van der Waals surface area contributed by atoms with Crippen molar-refractivity contribution in [3.8, 4) is 11.5 Å². The minimum absolute atomic E-state index is 0.191. The average molecular weight is 500 g/mol. The zero-order valence-corrected chi connectivity index (χ0v) is 20.3. The van der Waals surface area contributed by atoms with E-state index in [-0.39, 0.29) is 28.5 Å². The molecule has 0 fully saturated rings. The Hall–Kier alpha value is -3.98. The predicted molar refractivity (Wildman–Crippen MR) is 132 cm³/mol. The van der Waals surface area contributed by atoms with Crippen molar-refractivity contribution in [1.29, 1.82) is 0 Å². The number of amides is 3. The molecule has 3 amide bonds. The number of anilines is 1. The molecule has 0 saturated heterocycles. The van der Waals surface area contributed by atoms with E-state index in [2.05, 4.69) is 22.5 Å². The summed E-state index contributed by atoms with van der Waals surface area (Å²) in [4.78, 5) is 37.9. The van der Waals surface area contributed by atoms with Gasteiger partial charge in [-0.25, -0.2) is 9.59 Å². The van der Waals surface area contributed by atoms with Gasteiger partial charge in [-0.2, -0.15) is 0 Å². The Kier molecular flexibility index (Phi) is 8.38. The topological polar surface area (TPSA) is 115 Å². The van der Waals surface area contributed by atoms with Crippen molar-refractivity contribution in [2.24, 2.45) is 0 Å².